The van der Waals surface area contributed by atoms with Gasteiger partial charge in [-0.05, 0) is 43.0 Å². The molecule has 0 amide bonds. The minimum absolute atomic E-state index is 0.192. The molecule has 0 aliphatic carbocycles. The highest BCUT2D eigenvalue weighted by atomic mass is 32.1. The Balaban J connectivity index is 1.97. The summed E-state index contributed by atoms with van der Waals surface area (Å²) in [5.74, 6) is 0.738. The lowest BCUT2D eigenvalue weighted by Gasteiger charge is -2.13. The van der Waals surface area contributed by atoms with Gasteiger partial charge in [0, 0.05) is 17.5 Å². The molecule has 0 fully saturated rings. The molecule has 19 heavy (non-hydrogen) atoms. The van der Waals surface area contributed by atoms with Crippen molar-refractivity contribution in [2.75, 3.05) is 6.61 Å². The van der Waals surface area contributed by atoms with Gasteiger partial charge >= 0.3 is 0 Å². The summed E-state index contributed by atoms with van der Waals surface area (Å²) >= 11 is 1.75. The Hall–Kier alpha value is -1.52. The van der Waals surface area contributed by atoms with Crippen molar-refractivity contribution in [1.82, 2.24) is 5.32 Å². The van der Waals surface area contributed by atoms with Crippen molar-refractivity contribution in [2.45, 2.75) is 26.4 Å². The molecule has 0 aliphatic rings. The fourth-order valence-corrected chi connectivity index (χ4v) is 2.61. The first kappa shape index (κ1) is 13.9. The zero-order valence-electron chi connectivity index (χ0n) is 11.2. The van der Waals surface area contributed by atoms with E-state index in [-0.39, 0.29) is 5.75 Å². The molecule has 2 aromatic rings. The highest BCUT2D eigenvalue weighted by Crippen LogP contribution is 2.27. The van der Waals surface area contributed by atoms with Crippen LogP contribution < -0.4 is 10.1 Å². The summed E-state index contributed by atoms with van der Waals surface area (Å²) in [6, 6.07) is 9.98. The lowest BCUT2D eigenvalue weighted by Crippen LogP contribution is -2.17. The van der Waals surface area contributed by atoms with E-state index in [4.69, 9.17) is 4.74 Å². The molecule has 1 aromatic carbocycles. The van der Waals surface area contributed by atoms with Gasteiger partial charge in [0.2, 0.25) is 0 Å². The molecule has 1 aromatic heterocycles. The normalized spacial score (nSPS) is 12.3. The van der Waals surface area contributed by atoms with Gasteiger partial charge in [-0.1, -0.05) is 12.1 Å². The van der Waals surface area contributed by atoms with E-state index in [2.05, 4.69) is 29.8 Å². The van der Waals surface area contributed by atoms with Crippen molar-refractivity contribution in [3.63, 3.8) is 0 Å². The third-order valence-electron chi connectivity index (χ3n) is 2.91. The molecule has 2 N–H and O–H groups in total. The summed E-state index contributed by atoms with van der Waals surface area (Å²) in [4.78, 5) is 1.32. The number of benzene rings is 1. The van der Waals surface area contributed by atoms with Gasteiger partial charge in [0.05, 0.1) is 6.61 Å². The first-order valence-corrected chi connectivity index (χ1v) is 7.30. The molecule has 0 bridgehead atoms. The smallest absolute Gasteiger partial charge is 0.161 e. The van der Waals surface area contributed by atoms with Crippen LogP contribution in [0.15, 0.2) is 35.7 Å². The third kappa shape index (κ3) is 3.72. The molecular weight excluding hydrogens is 258 g/mol. The summed E-state index contributed by atoms with van der Waals surface area (Å²) in [5.41, 5.74) is 1.10. The Morgan fingerprint density at radius 3 is 2.89 bits per heavy atom. The zero-order chi connectivity index (χ0) is 13.7. The van der Waals surface area contributed by atoms with Crippen molar-refractivity contribution in [3.05, 3.63) is 46.2 Å². The van der Waals surface area contributed by atoms with Gasteiger partial charge in [0.15, 0.2) is 11.5 Å². The Labute approximate surface area is 117 Å². The number of ether oxygens (including phenoxy) is 1. The van der Waals surface area contributed by atoms with Crippen LogP contribution in [-0.2, 0) is 6.54 Å². The van der Waals surface area contributed by atoms with E-state index in [1.807, 2.05) is 19.1 Å². The van der Waals surface area contributed by atoms with E-state index in [1.54, 1.807) is 17.4 Å². The highest BCUT2D eigenvalue weighted by molar-refractivity contribution is 7.10. The molecule has 0 saturated heterocycles. The maximum atomic E-state index is 9.65. The Kier molecular flexibility index (Phi) is 4.82. The molecule has 0 aliphatic heterocycles. The van der Waals surface area contributed by atoms with Crippen molar-refractivity contribution >= 4 is 11.3 Å². The Morgan fingerprint density at radius 1 is 1.37 bits per heavy atom. The molecule has 3 nitrogen and oxygen atoms in total. The van der Waals surface area contributed by atoms with Crippen LogP contribution in [0.3, 0.4) is 0 Å². The lowest BCUT2D eigenvalue weighted by atomic mass is 10.2. The number of nitrogens with one attached hydrogen (secondary N) is 1. The molecule has 0 unspecified atom stereocenters. The second-order valence-corrected chi connectivity index (χ2v) is 5.33. The van der Waals surface area contributed by atoms with E-state index in [9.17, 15) is 5.11 Å². The molecule has 0 radical (unpaired) electrons. The van der Waals surface area contributed by atoms with Gasteiger partial charge in [-0.2, -0.15) is 0 Å². The summed E-state index contributed by atoms with van der Waals surface area (Å²) in [6.07, 6.45) is 0. The van der Waals surface area contributed by atoms with Crippen LogP contribution in [-0.4, -0.2) is 11.7 Å². The minimum atomic E-state index is 0.192. The number of aromatic hydroxyl groups is 1. The Morgan fingerprint density at radius 2 is 2.21 bits per heavy atom. The molecule has 2 rings (SSSR count). The standard InChI is InChI=1S/C15H19NO2S/c1-3-18-14-9-12(6-7-13(14)17)10-16-11(2)15-5-4-8-19-15/h4-9,11,16-17H,3,10H2,1-2H3/t11-/m1/s1. The van der Waals surface area contributed by atoms with Gasteiger partial charge in [0.25, 0.3) is 0 Å². The number of phenols is 1. The number of rotatable bonds is 6. The van der Waals surface area contributed by atoms with Crippen LogP contribution >= 0.6 is 11.3 Å². The predicted molar refractivity (Wildman–Crippen MR) is 78.8 cm³/mol. The van der Waals surface area contributed by atoms with E-state index in [0.717, 1.165) is 12.1 Å². The van der Waals surface area contributed by atoms with Crippen molar-refractivity contribution in [2.24, 2.45) is 0 Å². The first-order chi connectivity index (χ1) is 9.20. The molecule has 1 heterocycles. The van der Waals surface area contributed by atoms with E-state index >= 15 is 0 Å². The number of thiophene rings is 1. The second-order valence-electron chi connectivity index (χ2n) is 4.35. The average Bonchev–Trinajstić information content (AvgIpc) is 2.93. The Bertz CT molecular complexity index is 511. The highest BCUT2D eigenvalue weighted by Gasteiger charge is 2.07. The van der Waals surface area contributed by atoms with E-state index in [1.165, 1.54) is 4.88 Å². The largest absolute Gasteiger partial charge is 0.504 e. The molecule has 0 spiro atoms. The quantitative estimate of drug-likeness (QED) is 0.846. The second kappa shape index (κ2) is 6.59. The fraction of sp³-hybridized carbons (Fsp3) is 0.333. The van der Waals surface area contributed by atoms with Gasteiger partial charge in [0.1, 0.15) is 0 Å². The van der Waals surface area contributed by atoms with Crippen molar-refractivity contribution in [1.29, 1.82) is 0 Å². The number of hydrogen-bond acceptors (Lipinski definition) is 4. The van der Waals surface area contributed by atoms with Gasteiger partial charge in [-0.15, -0.1) is 11.3 Å². The van der Waals surface area contributed by atoms with E-state index < -0.39 is 0 Å². The van der Waals surface area contributed by atoms with Crippen LogP contribution in [0.25, 0.3) is 0 Å². The maximum Gasteiger partial charge on any atom is 0.161 e. The van der Waals surface area contributed by atoms with Gasteiger partial charge < -0.3 is 15.2 Å². The topological polar surface area (TPSA) is 41.5 Å². The van der Waals surface area contributed by atoms with Crippen molar-refractivity contribution in [3.8, 4) is 11.5 Å². The average molecular weight is 277 g/mol. The van der Waals surface area contributed by atoms with Gasteiger partial charge in [-0.25, -0.2) is 0 Å². The number of phenolic OH excluding ortho intramolecular Hbond substituents is 1. The van der Waals surface area contributed by atoms with E-state index in [0.29, 0.717) is 18.4 Å². The van der Waals surface area contributed by atoms with Crippen molar-refractivity contribution < 1.29 is 9.84 Å². The van der Waals surface area contributed by atoms with Gasteiger partial charge in [-0.3, -0.25) is 0 Å². The van der Waals surface area contributed by atoms with Crippen LogP contribution in [0.4, 0.5) is 0 Å². The lowest BCUT2D eigenvalue weighted by molar-refractivity contribution is 0.317. The summed E-state index contributed by atoms with van der Waals surface area (Å²) in [5, 5.41) is 15.2. The minimum Gasteiger partial charge on any atom is -0.504 e. The van der Waals surface area contributed by atoms with Crippen LogP contribution in [0, 0.1) is 0 Å². The maximum absolute atomic E-state index is 9.65. The molecule has 4 heteroatoms. The third-order valence-corrected chi connectivity index (χ3v) is 3.96. The van der Waals surface area contributed by atoms with Crippen LogP contribution in [0.2, 0.25) is 0 Å². The monoisotopic (exact) mass is 277 g/mol. The summed E-state index contributed by atoms with van der Waals surface area (Å²) < 4.78 is 5.38. The first-order valence-electron chi connectivity index (χ1n) is 6.42. The molecule has 1 atom stereocenters. The molecular formula is C15H19NO2S. The SMILES string of the molecule is CCOc1cc(CN[C@H](C)c2cccs2)ccc1O. The molecule has 0 saturated carbocycles. The molecule has 102 valence electrons. The van der Waals surface area contributed by atoms with Crippen LogP contribution in [0.1, 0.15) is 30.3 Å². The predicted octanol–water partition coefficient (Wildman–Crippen LogP) is 3.70. The summed E-state index contributed by atoms with van der Waals surface area (Å²) in [7, 11) is 0. The fourth-order valence-electron chi connectivity index (χ4n) is 1.85. The number of hydrogen-bond donors (Lipinski definition) is 2. The zero-order valence-corrected chi connectivity index (χ0v) is 12.0. The van der Waals surface area contributed by atoms with Crippen LogP contribution in [0.5, 0.6) is 11.5 Å². The summed E-state index contributed by atoms with van der Waals surface area (Å²) in [6.45, 7) is 5.36.